The second kappa shape index (κ2) is 4.32. The molecule has 102 valence electrons. The molecule has 0 aliphatic heterocycles. The average molecular weight is 280 g/mol. The highest BCUT2D eigenvalue weighted by Crippen LogP contribution is 2.41. The van der Waals surface area contributed by atoms with Gasteiger partial charge in [0.2, 0.25) is 0 Å². The summed E-state index contributed by atoms with van der Waals surface area (Å²) < 4.78 is 80.3. The zero-order valence-corrected chi connectivity index (χ0v) is 9.14. The topological polar surface area (TPSA) is 13.1 Å². The summed E-state index contributed by atoms with van der Waals surface area (Å²) in [7, 11) is 0. The second-order valence-corrected chi connectivity index (χ2v) is 3.77. The van der Waals surface area contributed by atoms with E-state index >= 15 is 0 Å². The minimum absolute atomic E-state index is 0.00840. The van der Waals surface area contributed by atoms with Crippen molar-refractivity contribution in [1.29, 1.82) is 0 Å². The molecule has 19 heavy (non-hydrogen) atoms. The Morgan fingerprint density at radius 2 is 1.37 bits per heavy atom. The highest BCUT2D eigenvalue weighted by Gasteiger charge is 2.43. The number of halogens is 6. The SMILES string of the molecule is FC(F)(F)c1ccc(-c2ccoc2)cc1C(F)(F)F. The van der Waals surface area contributed by atoms with E-state index in [4.69, 9.17) is 0 Å². The van der Waals surface area contributed by atoms with Crippen LogP contribution >= 0.6 is 0 Å². The molecule has 0 fully saturated rings. The predicted molar refractivity (Wildman–Crippen MR) is 54.1 cm³/mol. The number of alkyl halides is 6. The number of hydrogen-bond donors (Lipinski definition) is 0. The van der Waals surface area contributed by atoms with Crippen molar-refractivity contribution in [3.63, 3.8) is 0 Å². The third-order valence-electron chi connectivity index (χ3n) is 2.48. The summed E-state index contributed by atoms with van der Waals surface area (Å²) in [6, 6.07) is 3.23. The van der Waals surface area contributed by atoms with E-state index in [2.05, 4.69) is 4.42 Å². The van der Waals surface area contributed by atoms with E-state index in [-0.39, 0.29) is 11.1 Å². The van der Waals surface area contributed by atoms with E-state index in [1.165, 1.54) is 12.3 Å². The molecule has 0 saturated carbocycles. The Kier molecular flexibility index (Phi) is 3.07. The maximum absolute atomic E-state index is 12.7. The first-order chi connectivity index (χ1) is 8.69. The first-order valence-electron chi connectivity index (χ1n) is 5.00. The number of furan rings is 1. The lowest BCUT2D eigenvalue weighted by Gasteiger charge is -2.16. The monoisotopic (exact) mass is 280 g/mol. The van der Waals surface area contributed by atoms with Crippen molar-refractivity contribution in [3.8, 4) is 11.1 Å². The summed E-state index contributed by atoms with van der Waals surface area (Å²) in [5, 5.41) is 0. The molecule has 0 N–H and O–H groups in total. The minimum atomic E-state index is -5.08. The van der Waals surface area contributed by atoms with Gasteiger partial charge in [0.05, 0.1) is 23.7 Å². The van der Waals surface area contributed by atoms with Crippen LogP contribution in [0.2, 0.25) is 0 Å². The van der Waals surface area contributed by atoms with Crippen LogP contribution in [0.15, 0.2) is 41.2 Å². The maximum atomic E-state index is 12.7. The molecule has 0 unspecified atom stereocenters. The van der Waals surface area contributed by atoms with Crippen LogP contribution in [0.5, 0.6) is 0 Å². The molecule has 2 aromatic rings. The molecule has 1 aromatic heterocycles. The Morgan fingerprint density at radius 3 is 1.84 bits per heavy atom. The van der Waals surface area contributed by atoms with Crippen LogP contribution in [-0.4, -0.2) is 0 Å². The lowest BCUT2D eigenvalue weighted by atomic mass is 10.00. The van der Waals surface area contributed by atoms with Gasteiger partial charge >= 0.3 is 12.4 Å². The van der Waals surface area contributed by atoms with Crippen LogP contribution in [0.1, 0.15) is 11.1 Å². The summed E-state index contributed by atoms with van der Waals surface area (Å²) >= 11 is 0. The molecule has 0 radical (unpaired) electrons. The zero-order chi connectivity index (χ0) is 14.3. The van der Waals surface area contributed by atoms with E-state index in [0.29, 0.717) is 12.1 Å². The Bertz CT molecular complexity index is 565. The lowest BCUT2D eigenvalue weighted by Crippen LogP contribution is -2.16. The van der Waals surface area contributed by atoms with Crippen LogP contribution in [0, 0.1) is 0 Å². The fourth-order valence-electron chi connectivity index (χ4n) is 1.63. The van der Waals surface area contributed by atoms with Crippen molar-refractivity contribution in [3.05, 3.63) is 47.9 Å². The summed E-state index contributed by atoms with van der Waals surface area (Å²) in [6.07, 6.45) is -7.76. The van der Waals surface area contributed by atoms with Crippen molar-refractivity contribution >= 4 is 0 Å². The largest absolute Gasteiger partial charge is 0.472 e. The predicted octanol–water partition coefficient (Wildman–Crippen LogP) is 4.98. The highest BCUT2D eigenvalue weighted by molar-refractivity contribution is 5.64. The molecule has 0 amide bonds. The molecule has 0 spiro atoms. The van der Waals surface area contributed by atoms with Gasteiger partial charge in [-0.3, -0.25) is 0 Å². The molecule has 0 aliphatic carbocycles. The van der Waals surface area contributed by atoms with Gasteiger partial charge in [0.15, 0.2) is 0 Å². The van der Waals surface area contributed by atoms with Gasteiger partial charge < -0.3 is 4.42 Å². The molecule has 1 nitrogen and oxygen atoms in total. The number of benzene rings is 1. The average Bonchev–Trinajstić information content (AvgIpc) is 2.79. The van der Waals surface area contributed by atoms with E-state index in [1.807, 2.05) is 0 Å². The van der Waals surface area contributed by atoms with Gasteiger partial charge in [-0.05, 0) is 23.8 Å². The van der Waals surface area contributed by atoms with Crippen LogP contribution in [0.25, 0.3) is 11.1 Å². The molecule has 0 saturated heterocycles. The van der Waals surface area contributed by atoms with Crippen LogP contribution in [0.4, 0.5) is 26.3 Å². The Labute approximate surface area is 103 Å². The third kappa shape index (κ3) is 2.74. The van der Waals surface area contributed by atoms with E-state index in [9.17, 15) is 26.3 Å². The summed E-state index contributed by atoms with van der Waals surface area (Å²) in [5.41, 5.74) is -3.13. The molecule has 7 heteroatoms. The van der Waals surface area contributed by atoms with Crippen molar-refractivity contribution in [2.24, 2.45) is 0 Å². The summed E-state index contributed by atoms with van der Waals surface area (Å²) in [6.45, 7) is 0. The van der Waals surface area contributed by atoms with E-state index < -0.39 is 23.5 Å². The van der Waals surface area contributed by atoms with Crippen molar-refractivity contribution in [1.82, 2.24) is 0 Å². The normalized spacial score (nSPS) is 12.7. The molecule has 0 atom stereocenters. The third-order valence-corrected chi connectivity index (χ3v) is 2.48. The Morgan fingerprint density at radius 1 is 0.737 bits per heavy atom. The van der Waals surface area contributed by atoms with Crippen LogP contribution in [-0.2, 0) is 12.4 Å². The van der Waals surface area contributed by atoms with Gasteiger partial charge in [0.25, 0.3) is 0 Å². The standard InChI is InChI=1S/C12H6F6O/c13-11(14,15)9-2-1-7(8-3-4-19-6-8)5-10(9)12(16,17)18/h1-6H. The first-order valence-corrected chi connectivity index (χ1v) is 5.00. The molecule has 1 heterocycles. The smallest absolute Gasteiger partial charge is 0.417 e. The molecule has 2 rings (SSSR count). The van der Waals surface area contributed by atoms with Crippen molar-refractivity contribution in [2.45, 2.75) is 12.4 Å². The molecule has 1 aromatic carbocycles. The Balaban J connectivity index is 2.61. The van der Waals surface area contributed by atoms with Gasteiger partial charge in [0.1, 0.15) is 0 Å². The van der Waals surface area contributed by atoms with Crippen LogP contribution < -0.4 is 0 Å². The number of rotatable bonds is 1. The van der Waals surface area contributed by atoms with Gasteiger partial charge in [-0.2, -0.15) is 26.3 Å². The van der Waals surface area contributed by atoms with E-state index in [1.54, 1.807) is 0 Å². The maximum Gasteiger partial charge on any atom is 0.417 e. The molecule has 0 aliphatic rings. The lowest BCUT2D eigenvalue weighted by molar-refractivity contribution is -0.162. The van der Waals surface area contributed by atoms with Gasteiger partial charge in [-0.25, -0.2) is 0 Å². The molecular formula is C12H6F6O. The first kappa shape index (κ1) is 13.5. The van der Waals surface area contributed by atoms with Gasteiger partial charge in [0, 0.05) is 5.56 Å². The minimum Gasteiger partial charge on any atom is -0.472 e. The fraction of sp³-hybridized carbons (Fsp3) is 0.167. The molecular weight excluding hydrogens is 274 g/mol. The van der Waals surface area contributed by atoms with Crippen molar-refractivity contribution < 1.29 is 30.8 Å². The van der Waals surface area contributed by atoms with Crippen LogP contribution in [0.3, 0.4) is 0 Å². The summed E-state index contributed by atoms with van der Waals surface area (Å²) in [4.78, 5) is 0. The van der Waals surface area contributed by atoms with Crippen molar-refractivity contribution in [2.75, 3.05) is 0 Å². The van der Waals surface area contributed by atoms with E-state index in [0.717, 1.165) is 12.3 Å². The Hall–Kier alpha value is -1.92. The molecule has 0 bridgehead atoms. The fourth-order valence-corrected chi connectivity index (χ4v) is 1.63. The highest BCUT2D eigenvalue weighted by atomic mass is 19.4. The van der Waals surface area contributed by atoms with Gasteiger partial charge in [-0.1, -0.05) is 6.07 Å². The quantitative estimate of drug-likeness (QED) is 0.671. The second-order valence-electron chi connectivity index (χ2n) is 3.77. The zero-order valence-electron chi connectivity index (χ0n) is 9.14. The van der Waals surface area contributed by atoms with Gasteiger partial charge in [-0.15, -0.1) is 0 Å². The number of hydrogen-bond acceptors (Lipinski definition) is 1. The summed E-state index contributed by atoms with van der Waals surface area (Å²) in [5.74, 6) is 0.